The number of amides is 1. The zero-order chi connectivity index (χ0) is 24.7. The van der Waals surface area contributed by atoms with Crippen molar-refractivity contribution in [2.75, 3.05) is 59.3 Å². The summed E-state index contributed by atoms with van der Waals surface area (Å²) in [6.45, 7) is 21.5. The van der Waals surface area contributed by atoms with Crippen molar-refractivity contribution in [3.05, 3.63) is 0 Å². The summed E-state index contributed by atoms with van der Waals surface area (Å²) in [6.07, 6.45) is 1.18. The molecule has 0 spiro atoms. The predicted octanol–water partition coefficient (Wildman–Crippen LogP) is 3.11. The molecule has 0 saturated heterocycles. The first-order valence-electron chi connectivity index (χ1n) is 11.7. The van der Waals surface area contributed by atoms with E-state index < -0.39 is 11.7 Å². The summed E-state index contributed by atoms with van der Waals surface area (Å²) < 4.78 is 22.2. The highest BCUT2D eigenvalue weighted by Crippen LogP contribution is 2.17. The van der Waals surface area contributed by atoms with Crippen molar-refractivity contribution in [2.24, 2.45) is 5.73 Å². The number of hydroxylamine groups is 1. The number of nitrogens with two attached hydrogens (primary N) is 1. The topological polar surface area (TPSA) is 105 Å². The van der Waals surface area contributed by atoms with Gasteiger partial charge in [0.1, 0.15) is 5.60 Å². The van der Waals surface area contributed by atoms with Crippen molar-refractivity contribution in [1.82, 2.24) is 10.4 Å². The van der Waals surface area contributed by atoms with Gasteiger partial charge in [-0.1, -0.05) is 6.92 Å². The minimum absolute atomic E-state index is 0.173. The third-order valence-electron chi connectivity index (χ3n) is 4.52. The highest BCUT2D eigenvalue weighted by molar-refractivity contribution is 5.66. The number of ether oxygens (including phenoxy) is 4. The Morgan fingerprint density at radius 1 is 0.844 bits per heavy atom. The van der Waals surface area contributed by atoms with Crippen LogP contribution in [-0.4, -0.2) is 87.0 Å². The molecule has 0 radical (unpaired) electrons. The minimum Gasteiger partial charge on any atom is -0.442 e. The molecular weight excluding hydrogens is 414 g/mol. The number of rotatable bonds is 18. The molecule has 0 bridgehead atoms. The maximum absolute atomic E-state index is 11.4. The second-order valence-corrected chi connectivity index (χ2v) is 10.2. The third kappa shape index (κ3) is 20.9. The summed E-state index contributed by atoms with van der Waals surface area (Å²) in [5.74, 6) is 0. The van der Waals surface area contributed by atoms with Crippen LogP contribution in [0, 0.1) is 0 Å². The number of likely N-dealkylation sites (N-methyl/N-ethyl adjacent to an activating group) is 1. The molecule has 0 aliphatic carbocycles. The van der Waals surface area contributed by atoms with Crippen LogP contribution in [0.3, 0.4) is 0 Å². The van der Waals surface area contributed by atoms with E-state index in [1.165, 1.54) is 0 Å². The molecule has 0 aromatic rings. The molecular formula is C23H49N3O6. The first-order valence-corrected chi connectivity index (χ1v) is 11.7. The molecule has 32 heavy (non-hydrogen) atoms. The molecule has 0 aromatic carbocycles. The van der Waals surface area contributed by atoms with Crippen LogP contribution in [0.5, 0.6) is 0 Å². The minimum atomic E-state index is -0.615. The van der Waals surface area contributed by atoms with Gasteiger partial charge in [-0.2, -0.15) is 5.48 Å². The Bertz CT molecular complexity index is 489. The summed E-state index contributed by atoms with van der Waals surface area (Å²) in [5, 5.41) is 0. The van der Waals surface area contributed by atoms with E-state index in [1.54, 1.807) is 20.8 Å². The molecule has 9 nitrogen and oxygen atoms in total. The van der Waals surface area contributed by atoms with Crippen LogP contribution in [0.15, 0.2) is 0 Å². The van der Waals surface area contributed by atoms with Crippen LogP contribution in [0.25, 0.3) is 0 Å². The van der Waals surface area contributed by atoms with Crippen molar-refractivity contribution in [2.45, 2.75) is 85.0 Å². The SMILES string of the molecule is CCN(CCOCCOCCONC(=O)OC(C)(C)C)CCC(C)(C)OCCC(C)(C)N. The van der Waals surface area contributed by atoms with Gasteiger partial charge in [-0.3, -0.25) is 4.84 Å². The van der Waals surface area contributed by atoms with Gasteiger partial charge in [-0.15, -0.1) is 0 Å². The summed E-state index contributed by atoms with van der Waals surface area (Å²) >= 11 is 0. The van der Waals surface area contributed by atoms with Gasteiger partial charge in [-0.25, -0.2) is 4.79 Å². The van der Waals surface area contributed by atoms with Gasteiger partial charge in [0.15, 0.2) is 0 Å². The maximum Gasteiger partial charge on any atom is 0.431 e. The number of carbonyl (C=O) groups excluding carboxylic acids is 1. The summed E-state index contributed by atoms with van der Waals surface area (Å²) in [5.41, 5.74) is 7.31. The molecule has 1 amide bonds. The Morgan fingerprint density at radius 3 is 2.00 bits per heavy atom. The van der Waals surface area contributed by atoms with Crippen molar-refractivity contribution in [3.8, 4) is 0 Å². The Kier molecular flexibility index (Phi) is 15.3. The van der Waals surface area contributed by atoms with Gasteiger partial charge in [0.2, 0.25) is 0 Å². The molecule has 9 heteroatoms. The second kappa shape index (κ2) is 15.8. The van der Waals surface area contributed by atoms with Crippen molar-refractivity contribution in [1.29, 1.82) is 0 Å². The van der Waals surface area contributed by atoms with E-state index in [0.717, 1.165) is 32.5 Å². The summed E-state index contributed by atoms with van der Waals surface area (Å²) in [7, 11) is 0. The Labute approximate surface area is 195 Å². The quantitative estimate of drug-likeness (QED) is 0.236. The second-order valence-electron chi connectivity index (χ2n) is 10.2. The maximum atomic E-state index is 11.4. The van der Waals surface area contributed by atoms with Gasteiger partial charge in [0.25, 0.3) is 0 Å². The van der Waals surface area contributed by atoms with Gasteiger partial charge in [-0.05, 0) is 67.9 Å². The van der Waals surface area contributed by atoms with Crippen molar-refractivity contribution >= 4 is 6.09 Å². The fourth-order valence-corrected chi connectivity index (χ4v) is 2.54. The van der Waals surface area contributed by atoms with E-state index in [0.29, 0.717) is 33.0 Å². The normalized spacial score (nSPS) is 12.9. The van der Waals surface area contributed by atoms with Crippen LogP contribution < -0.4 is 11.2 Å². The molecule has 192 valence electrons. The number of carbonyl (C=O) groups is 1. The van der Waals surface area contributed by atoms with Crippen molar-refractivity contribution in [3.63, 3.8) is 0 Å². The summed E-state index contributed by atoms with van der Waals surface area (Å²) in [4.78, 5) is 18.7. The highest BCUT2D eigenvalue weighted by Gasteiger charge is 2.21. The molecule has 0 atom stereocenters. The summed E-state index contributed by atoms with van der Waals surface area (Å²) in [6, 6.07) is 0. The zero-order valence-corrected chi connectivity index (χ0v) is 21.8. The number of hydrogen-bond donors (Lipinski definition) is 2. The fourth-order valence-electron chi connectivity index (χ4n) is 2.54. The smallest absolute Gasteiger partial charge is 0.431 e. The third-order valence-corrected chi connectivity index (χ3v) is 4.52. The van der Waals surface area contributed by atoms with Gasteiger partial charge < -0.3 is 29.6 Å². The van der Waals surface area contributed by atoms with E-state index in [1.807, 2.05) is 13.8 Å². The van der Waals surface area contributed by atoms with Crippen LogP contribution >= 0.6 is 0 Å². The molecule has 0 rings (SSSR count). The Balaban J connectivity index is 3.71. The monoisotopic (exact) mass is 463 g/mol. The number of nitrogens with zero attached hydrogens (tertiary/aromatic N) is 1. The number of nitrogens with one attached hydrogen (secondary N) is 1. The van der Waals surface area contributed by atoms with E-state index in [4.69, 9.17) is 29.5 Å². The lowest BCUT2D eigenvalue weighted by Gasteiger charge is -2.30. The standard InChI is InChI=1S/C23H49N3O6/c1-9-26(12-10-23(7,8)30-14-11-22(5,6)24)13-15-28-16-17-29-18-19-31-25-20(27)32-21(2,3)4/h9-19,24H2,1-8H3,(H,25,27). The molecule has 0 unspecified atom stereocenters. The van der Waals surface area contributed by atoms with Gasteiger partial charge in [0.05, 0.1) is 38.6 Å². The number of hydrogen-bond acceptors (Lipinski definition) is 8. The van der Waals surface area contributed by atoms with Gasteiger partial charge in [0, 0.05) is 25.2 Å². The van der Waals surface area contributed by atoms with Crippen LogP contribution in [0.2, 0.25) is 0 Å². The van der Waals surface area contributed by atoms with Crippen LogP contribution in [0.1, 0.15) is 68.2 Å². The lowest BCUT2D eigenvalue weighted by atomic mass is 10.0. The van der Waals surface area contributed by atoms with Crippen LogP contribution in [0.4, 0.5) is 4.79 Å². The highest BCUT2D eigenvalue weighted by atomic mass is 16.7. The average Bonchev–Trinajstić information content (AvgIpc) is 2.62. The molecule has 3 N–H and O–H groups in total. The van der Waals surface area contributed by atoms with E-state index in [9.17, 15) is 4.79 Å². The first-order chi connectivity index (χ1) is 14.7. The first kappa shape index (κ1) is 31.0. The average molecular weight is 464 g/mol. The molecule has 0 aromatic heterocycles. The van der Waals surface area contributed by atoms with Gasteiger partial charge >= 0.3 is 6.09 Å². The van der Waals surface area contributed by atoms with E-state index in [2.05, 4.69) is 31.2 Å². The van der Waals surface area contributed by atoms with E-state index >= 15 is 0 Å². The Hall–Kier alpha value is -0.970. The molecule has 0 saturated carbocycles. The van der Waals surface area contributed by atoms with Crippen molar-refractivity contribution < 1.29 is 28.6 Å². The lowest BCUT2D eigenvalue weighted by molar-refractivity contribution is -0.0377. The largest absolute Gasteiger partial charge is 0.442 e. The molecule has 0 fully saturated rings. The zero-order valence-electron chi connectivity index (χ0n) is 21.8. The lowest BCUT2D eigenvalue weighted by Crippen LogP contribution is -2.37. The fraction of sp³-hybridized carbons (Fsp3) is 0.957. The van der Waals surface area contributed by atoms with E-state index in [-0.39, 0.29) is 17.7 Å². The predicted molar refractivity (Wildman–Crippen MR) is 127 cm³/mol. The van der Waals surface area contributed by atoms with Crippen LogP contribution in [-0.2, 0) is 23.8 Å². The molecule has 0 aliphatic heterocycles. The molecule has 0 heterocycles. The Morgan fingerprint density at radius 2 is 1.44 bits per heavy atom. The molecule has 0 aliphatic rings.